The third-order valence-electron chi connectivity index (χ3n) is 17.0. The number of rotatable bonds is 38. The molecule has 1 atom stereocenters. The van der Waals surface area contributed by atoms with Crippen molar-refractivity contribution in [3.63, 3.8) is 0 Å². The van der Waals surface area contributed by atoms with Crippen LogP contribution in [0.2, 0.25) is 54.4 Å². The first-order chi connectivity index (χ1) is 36.2. The lowest BCUT2D eigenvalue weighted by Gasteiger charge is -2.40. The summed E-state index contributed by atoms with van der Waals surface area (Å²) in [6, 6.07) is 62.4. The quantitative estimate of drug-likeness (QED) is 0.0281. The van der Waals surface area contributed by atoms with Gasteiger partial charge in [-0.25, -0.2) is 8.83 Å². The average Bonchev–Trinajstić information content (AvgIpc) is 3.44. The first kappa shape index (κ1) is 62.3. The van der Waals surface area contributed by atoms with Crippen molar-refractivity contribution in [1.29, 1.82) is 0 Å². The van der Waals surface area contributed by atoms with Crippen LogP contribution in [0.25, 0.3) is 0 Å². The second-order valence-electron chi connectivity index (χ2n) is 22.5. The third kappa shape index (κ3) is 17.2. The van der Waals surface area contributed by atoms with E-state index < -0.39 is 40.4 Å². The molecular formula is C67H104FNP2Si3. The Morgan fingerprint density at radius 2 is 0.595 bits per heavy atom. The summed E-state index contributed by atoms with van der Waals surface area (Å²) in [6.45, 7) is 22.2. The molecule has 0 aliphatic heterocycles. The fourth-order valence-electron chi connectivity index (χ4n) is 12.3. The predicted molar refractivity (Wildman–Crippen MR) is 344 cm³/mol. The van der Waals surface area contributed by atoms with Gasteiger partial charge in [-0.05, 0) is 33.6 Å². The summed E-state index contributed by atoms with van der Waals surface area (Å²) >= 11 is 0. The zero-order valence-electron chi connectivity index (χ0n) is 48.6. The number of hydrogen-bond acceptors (Lipinski definition) is 1. The van der Waals surface area contributed by atoms with Crippen molar-refractivity contribution in [3.8, 4) is 0 Å². The highest BCUT2D eigenvalue weighted by atomic mass is 31.2. The fourth-order valence-corrected chi connectivity index (χ4v) is 35.1. The Labute approximate surface area is 460 Å². The van der Waals surface area contributed by atoms with E-state index >= 15 is 4.39 Å². The minimum atomic E-state index is -1.76. The molecule has 0 radical (unpaired) electrons. The molecule has 5 rings (SSSR count). The molecule has 0 bridgehead atoms. The molecule has 0 saturated carbocycles. The second-order valence-corrected chi connectivity index (χ2v) is 41.0. The van der Waals surface area contributed by atoms with E-state index in [4.69, 9.17) is 0 Å². The maximum Gasteiger partial charge on any atom is 0.132 e. The monoisotopic (exact) mass is 1090 g/mol. The SMILES string of the molecule is CCCC[Si](CCCC)(CCCC)c1ccc(P(c2ccc([Si](CCCC)(CCCC)CCCC)cc2)N(Cc2ccccc2)P(c2ccc([Si](CCCC)(CCCC)CCCC)cc2)c2ccccc2F)cc1. The van der Waals surface area contributed by atoms with Gasteiger partial charge in [0.25, 0.3) is 0 Å². The maximum atomic E-state index is 17.2. The van der Waals surface area contributed by atoms with Crippen LogP contribution in [-0.2, 0) is 6.54 Å². The van der Waals surface area contributed by atoms with Gasteiger partial charge < -0.3 is 0 Å². The minimum Gasteiger partial charge on any atom is -0.240 e. The molecule has 0 fully saturated rings. The highest BCUT2D eigenvalue weighted by Crippen LogP contribution is 2.56. The molecule has 7 heteroatoms. The van der Waals surface area contributed by atoms with E-state index in [1.165, 1.54) is 191 Å². The van der Waals surface area contributed by atoms with Crippen LogP contribution in [0.4, 0.5) is 4.39 Å². The zero-order valence-corrected chi connectivity index (χ0v) is 53.4. The normalized spacial score (nSPS) is 12.8. The topological polar surface area (TPSA) is 3.24 Å². The molecule has 74 heavy (non-hydrogen) atoms. The van der Waals surface area contributed by atoms with Gasteiger partial charge in [0.2, 0.25) is 0 Å². The van der Waals surface area contributed by atoms with Crippen LogP contribution in [0.3, 0.4) is 0 Å². The summed E-state index contributed by atoms with van der Waals surface area (Å²) in [4.78, 5) is 0. The lowest BCUT2D eigenvalue weighted by molar-refractivity contribution is 0.634. The van der Waals surface area contributed by atoms with Gasteiger partial charge in [-0.15, -0.1) is 0 Å². The van der Waals surface area contributed by atoms with Gasteiger partial charge in [-0.1, -0.05) is 363 Å². The van der Waals surface area contributed by atoms with E-state index in [0.717, 1.165) is 11.8 Å². The van der Waals surface area contributed by atoms with Crippen LogP contribution in [0.15, 0.2) is 127 Å². The van der Waals surface area contributed by atoms with Crippen LogP contribution in [0.1, 0.15) is 183 Å². The van der Waals surface area contributed by atoms with Crippen molar-refractivity contribution < 1.29 is 4.39 Å². The standard InChI is InChI=1S/C67H104FNP2Si3/c1-10-19-49-72(50-20-11-2,51-21-12-3)63-43-37-60(38-44-63)70(61-39-45-64(46-40-61)73(52-22-13-4,53-23-14-5)54-24-15-6)69(58-59-33-29-28-30-34-59)71(67-36-32-31-35-66(67)68)62-41-47-65(48-42-62)74(55-25-16-7,56-26-17-8)57-27-18-9/h28-48H,10-27,49-58H2,1-9H3. The highest BCUT2D eigenvalue weighted by Gasteiger charge is 2.39. The molecule has 406 valence electrons. The molecule has 0 amide bonds. The first-order valence-electron chi connectivity index (χ1n) is 30.7. The van der Waals surface area contributed by atoms with Gasteiger partial charge in [0.05, 0.1) is 24.2 Å². The Balaban J connectivity index is 1.83. The number of benzene rings is 5. The smallest absolute Gasteiger partial charge is 0.132 e. The summed E-state index contributed by atoms with van der Waals surface area (Å²) in [5, 5.41) is 9.88. The van der Waals surface area contributed by atoms with Gasteiger partial charge in [0, 0.05) is 28.0 Å². The summed E-state index contributed by atoms with van der Waals surface area (Å²) in [7, 11) is -7.69. The molecule has 5 aromatic carbocycles. The van der Waals surface area contributed by atoms with Crippen LogP contribution in [0.5, 0.6) is 0 Å². The molecule has 0 aromatic heterocycles. The molecule has 1 unspecified atom stereocenters. The van der Waals surface area contributed by atoms with Crippen molar-refractivity contribution in [2.75, 3.05) is 0 Å². The van der Waals surface area contributed by atoms with Gasteiger partial charge in [0.15, 0.2) is 0 Å². The molecule has 0 spiro atoms. The molecule has 0 aliphatic rings. The second kappa shape index (κ2) is 33.7. The molecule has 0 saturated heterocycles. The maximum absolute atomic E-state index is 17.2. The zero-order chi connectivity index (χ0) is 53.1. The van der Waals surface area contributed by atoms with E-state index in [2.05, 4.69) is 182 Å². The largest absolute Gasteiger partial charge is 0.240 e. The summed E-state index contributed by atoms with van der Waals surface area (Å²) < 4.78 is 20.0. The van der Waals surface area contributed by atoms with E-state index in [1.54, 1.807) is 21.6 Å². The number of hydrogen-bond donors (Lipinski definition) is 0. The molecule has 0 aliphatic carbocycles. The van der Waals surface area contributed by atoms with Crippen molar-refractivity contribution in [3.05, 3.63) is 139 Å². The Kier molecular flexibility index (Phi) is 28.4. The molecule has 1 nitrogen and oxygen atoms in total. The van der Waals surface area contributed by atoms with Gasteiger partial charge in [-0.2, -0.15) is 0 Å². The highest BCUT2D eigenvalue weighted by molar-refractivity contribution is 7.84. The third-order valence-corrected chi connectivity index (χ3v) is 38.9. The minimum absolute atomic E-state index is 0.0870. The Morgan fingerprint density at radius 1 is 0.324 bits per heavy atom. The Morgan fingerprint density at radius 3 is 0.878 bits per heavy atom. The van der Waals surface area contributed by atoms with Crippen LogP contribution >= 0.6 is 16.1 Å². The molecule has 0 heterocycles. The number of unbranched alkanes of at least 4 members (excludes halogenated alkanes) is 9. The molecule has 5 aromatic rings. The average molecular weight is 1090 g/mol. The molecular weight excluding hydrogens is 984 g/mol. The van der Waals surface area contributed by atoms with Crippen molar-refractivity contribution >= 4 is 77.1 Å². The van der Waals surface area contributed by atoms with E-state index in [9.17, 15) is 0 Å². The Bertz CT molecular complexity index is 2110. The number of halogens is 1. The van der Waals surface area contributed by atoms with Crippen LogP contribution in [0, 0.1) is 5.82 Å². The predicted octanol–water partition coefficient (Wildman–Crippen LogP) is 18.9. The van der Waals surface area contributed by atoms with Crippen molar-refractivity contribution in [2.45, 2.75) is 239 Å². The molecule has 0 N–H and O–H groups in total. The van der Waals surface area contributed by atoms with Crippen LogP contribution < -0.4 is 36.8 Å². The Hall–Kier alpha value is -2.50. The van der Waals surface area contributed by atoms with Crippen LogP contribution in [-0.4, -0.2) is 28.7 Å². The fraction of sp³-hybridized carbons (Fsp3) is 0.552. The van der Waals surface area contributed by atoms with Crippen molar-refractivity contribution in [2.24, 2.45) is 0 Å². The van der Waals surface area contributed by atoms with E-state index in [1.807, 2.05) is 6.07 Å². The first-order valence-corrected chi connectivity index (χ1v) is 41.1. The van der Waals surface area contributed by atoms with Gasteiger partial charge >= 0.3 is 0 Å². The van der Waals surface area contributed by atoms with E-state index in [-0.39, 0.29) is 5.82 Å². The summed E-state index contributed by atoms with van der Waals surface area (Å²) in [5.41, 5.74) is 1.29. The lowest BCUT2D eigenvalue weighted by atomic mass is 10.2. The van der Waals surface area contributed by atoms with Crippen molar-refractivity contribution in [1.82, 2.24) is 4.44 Å². The summed E-state index contributed by atoms with van der Waals surface area (Å²) in [5.74, 6) is -0.0870. The number of nitrogens with zero attached hydrogens (tertiary/aromatic N) is 1. The van der Waals surface area contributed by atoms with Gasteiger partial charge in [0.1, 0.15) is 5.82 Å². The van der Waals surface area contributed by atoms with E-state index in [0.29, 0.717) is 0 Å². The van der Waals surface area contributed by atoms with Gasteiger partial charge in [-0.3, -0.25) is 0 Å². The lowest BCUT2D eigenvalue weighted by Crippen LogP contribution is -2.48. The summed E-state index contributed by atoms with van der Waals surface area (Å²) in [6.07, 6.45) is 23.3.